The molecule has 1 aromatic rings. The second-order valence-corrected chi connectivity index (χ2v) is 6.18. The molecular formula is C17H24N2O. The Bertz CT molecular complexity index is 440. The van der Waals surface area contributed by atoms with Crippen molar-refractivity contribution in [3.63, 3.8) is 0 Å². The van der Waals surface area contributed by atoms with Crippen molar-refractivity contribution in [1.29, 1.82) is 0 Å². The molecule has 2 heterocycles. The Kier molecular flexibility index (Phi) is 4.36. The summed E-state index contributed by atoms with van der Waals surface area (Å²) in [7, 11) is 0. The van der Waals surface area contributed by atoms with Crippen molar-refractivity contribution in [2.24, 2.45) is 5.92 Å². The zero-order chi connectivity index (χ0) is 13.8. The standard InChI is InChI=1S/C17H24N2O/c20-17(12-16-7-4-9-18-16)19-10-8-15(13-19)11-14-5-2-1-3-6-14/h1-3,5-6,15-16,18H,4,7-13H2. The third-order valence-electron chi connectivity index (χ3n) is 4.59. The zero-order valence-electron chi connectivity index (χ0n) is 12.1. The Morgan fingerprint density at radius 1 is 1.25 bits per heavy atom. The normalized spacial score (nSPS) is 26.1. The van der Waals surface area contributed by atoms with Gasteiger partial charge in [0.25, 0.3) is 0 Å². The van der Waals surface area contributed by atoms with E-state index in [0.29, 0.717) is 24.3 Å². The fourth-order valence-electron chi connectivity index (χ4n) is 3.44. The Labute approximate surface area is 121 Å². The van der Waals surface area contributed by atoms with Crippen LogP contribution in [0.1, 0.15) is 31.2 Å². The number of carbonyl (C=O) groups excluding carboxylic acids is 1. The monoisotopic (exact) mass is 272 g/mol. The summed E-state index contributed by atoms with van der Waals surface area (Å²) in [6, 6.07) is 11.1. The highest BCUT2D eigenvalue weighted by Crippen LogP contribution is 2.22. The molecular weight excluding hydrogens is 248 g/mol. The van der Waals surface area contributed by atoms with Gasteiger partial charge in [-0.3, -0.25) is 4.79 Å². The number of nitrogens with zero attached hydrogens (tertiary/aromatic N) is 1. The predicted octanol–water partition coefficient (Wildman–Crippen LogP) is 2.22. The van der Waals surface area contributed by atoms with Gasteiger partial charge in [-0.15, -0.1) is 0 Å². The van der Waals surface area contributed by atoms with Crippen molar-refractivity contribution in [3.05, 3.63) is 35.9 Å². The van der Waals surface area contributed by atoms with E-state index in [1.165, 1.54) is 12.0 Å². The van der Waals surface area contributed by atoms with Crippen LogP contribution in [0.3, 0.4) is 0 Å². The molecule has 2 fully saturated rings. The SMILES string of the molecule is O=C(CC1CCCN1)N1CCC(Cc2ccccc2)C1. The highest BCUT2D eigenvalue weighted by molar-refractivity contribution is 5.77. The van der Waals surface area contributed by atoms with E-state index in [-0.39, 0.29) is 0 Å². The number of amides is 1. The van der Waals surface area contributed by atoms with Crippen LogP contribution in [0.5, 0.6) is 0 Å². The molecule has 1 amide bonds. The fourth-order valence-corrected chi connectivity index (χ4v) is 3.44. The van der Waals surface area contributed by atoms with E-state index < -0.39 is 0 Å². The number of nitrogens with one attached hydrogen (secondary N) is 1. The van der Waals surface area contributed by atoms with E-state index in [2.05, 4.69) is 40.5 Å². The maximum absolute atomic E-state index is 12.3. The maximum atomic E-state index is 12.3. The summed E-state index contributed by atoms with van der Waals surface area (Å²) in [5.74, 6) is 0.984. The van der Waals surface area contributed by atoms with Crippen LogP contribution in [0.15, 0.2) is 30.3 Å². The van der Waals surface area contributed by atoms with E-state index in [9.17, 15) is 4.79 Å². The van der Waals surface area contributed by atoms with Crippen LogP contribution in [0.2, 0.25) is 0 Å². The molecule has 0 aromatic heterocycles. The average molecular weight is 272 g/mol. The first-order chi connectivity index (χ1) is 9.81. The van der Waals surface area contributed by atoms with Crippen LogP contribution < -0.4 is 5.32 Å². The number of likely N-dealkylation sites (tertiary alicyclic amines) is 1. The predicted molar refractivity (Wildman–Crippen MR) is 80.5 cm³/mol. The van der Waals surface area contributed by atoms with E-state index in [4.69, 9.17) is 0 Å². The number of rotatable bonds is 4. The number of benzene rings is 1. The molecule has 3 rings (SSSR count). The molecule has 2 atom stereocenters. The number of hydrogen-bond donors (Lipinski definition) is 1. The minimum atomic E-state index is 0.347. The molecule has 2 aliphatic rings. The molecule has 0 bridgehead atoms. The van der Waals surface area contributed by atoms with Gasteiger partial charge in [0.05, 0.1) is 0 Å². The highest BCUT2D eigenvalue weighted by atomic mass is 16.2. The fraction of sp³-hybridized carbons (Fsp3) is 0.588. The average Bonchev–Trinajstić information content (AvgIpc) is 3.11. The van der Waals surface area contributed by atoms with Gasteiger partial charge in [0.15, 0.2) is 0 Å². The van der Waals surface area contributed by atoms with Crippen LogP contribution in [0.25, 0.3) is 0 Å². The molecule has 0 aliphatic carbocycles. The minimum absolute atomic E-state index is 0.347. The minimum Gasteiger partial charge on any atom is -0.342 e. The number of hydrogen-bond acceptors (Lipinski definition) is 2. The Morgan fingerprint density at radius 3 is 2.85 bits per heavy atom. The lowest BCUT2D eigenvalue weighted by molar-refractivity contribution is -0.130. The largest absolute Gasteiger partial charge is 0.342 e. The van der Waals surface area contributed by atoms with Gasteiger partial charge in [-0.2, -0.15) is 0 Å². The van der Waals surface area contributed by atoms with E-state index in [0.717, 1.165) is 38.9 Å². The zero-order valence-corrected chi connectivity index (χ0v) is 12.1. The first kappa shape index (κ1) is 13.6. The van der Waals surface area contributed by atoms with Gasteiger partial charge in [0.2, 0.25) is 5.91 Å². The van der Waals surface area contributed by atoms with Gasteiger partial charge in [-0.05, 0) is 43.7 Å². The van der Waals surface area contributed by atoms with Crippen molar-refractivity contribution in [1.82, 2.24) is 10.2 Å². The smallest absolute Gasteiger partial charge is 0.224 e. The van der Waals surface area contributed by atoms with Crippen molar-refractivity contribution < 1.29 is 4.79 Å². The molecule has 1 aromatic carbocycles. The summed E-state index contributed by atoms with van der Waals surface area (Å²) in [5, 5.41) is 3.41. The molecule has 20 heavy (non-hydrogen) atoms. The second-order valence-electron chi connectivity index (χ2n) is 6.18. The van der Waals surface area contributed by atoms with Gasteiger partial charge in [0.1, 0.15) is 0 Å². The molecule has 0 spiro atoms. The van der Waals surface area contributed by atoms with Crippen LogP contribution in [-0.2, 0) is 11.2 Å². The Hall–Kier alpha value is -1.35. The quantitative estimate of drug-likeness (QED) is 0.911. The van der Waals surface area contributed by atoms with Crippen molar-refractivity contribution in [2.45, 2.75) is 38.1 Å². The van der Waals surface area contributed by atoms with Crippen LogP contribution in [0, 0.1) is 5.92 Å². The lowest BCUT2D eigenvalue weighted by atomic mass is 9.99. The third kappa shape index (κ3) is 3.40. The lowest BCUT2D eigenvalue weighted by Crippen LogP contribution is -2.34. The van der Waals surface area contributed by atoms with Crippen LogP contribution in [0.4, 0.5) is 0 Å². The summed E-state index contributed by atoms with van der Waals surface area (Å²) in [6.45, 7) is 2.97. The molecule has 1 N–H and O–H groups in total. The molecule has 3 nitrogen and oxygen atoms in total. The summed E-state index contributed by atoms with van der Waals surface area (Å²) in [6.07, 6.45) is 5.32. The third-order valence-corrected chi connectivity index (χ3v) is 4.59. The molecule has 0 radical (unpaired) electrons. The summed E-state index contributed by atoms with van der Waals surface area (Å²) >= 11 is 0. The molecule has 108 valence electrons. The topological polar surface area (TPSA) is 32.3 Å². The Morgan fingerprint density at radius 2 is 2.10 bits per heavy atom. The summed E-state index contributed by atoms with van der Waals surface area (Å²) < 4.78 is 0. The van der Waals surface area contributed by atoms with E-state index >= 15 is 0 Å². The van der Waals surface area contributed by atoms with Gasteiger partial charge in [0, 0.05) is 25.6 Å². The van der Waals surface area contributed by atoms with Gasteiger partial charge >= 0.3 is 0 Å². The van der Waals surface area contributed by atoms with Gasteiger partial charge in [-0.25, -0.2) is 0 Å². The molecule has 3 heteroatoms. The molecule has 0 saturated carbocycles. The molecule has 2 unspecified atom stereocenters. The van der Waals surface area contributed by atoms with E-state index in [1.807, 2.05) is 0 Å². The van der Waals surface area contributed by atoms with Gasteiger partial charge < -0.3 is 10.2 Å². The Balaban J connectivity index is 1.47. The second kappa shape index (κ2) is 6.40. The van der Waals surface area contributed by atoms with Crippen molar-refractivity contribution in [2.75, 3.05) is 19.6 Å². The first-order valence-corrected chi connectivity index (χ1v) is 7.86. The van der Waals surface area contributed by atoms with Crippen molar-refractivity contribution in [3.8, 4) is 0 Å². The van der Waals surface area contributed by atoms with Crippen LogP contribution >= 0.6 is 0 Å². The maximum Gasteiger partial charge on any atom is 0.224 e. The molecule has 2 saturated heterocycles. The van der Waals surface area contributed by atoms with Crippen molar-refractivity contribution >= 4 is 5.91 Å². The van der Waals surface area contributed by atoms with Crippen LogP contribution in [-0.4, -0.2) is 36.5 Å². The first-order valence-electron chi connectivity index (χ1n) is 7.86. The number of carbonyl (C=O) groups is 1. The summed E-state index contributed by atoms with van der Waals surface area (Å²) in [5.41, 5.74) is 1.39. The summed E-state index contributed by atoms with van der Waals surface area (Å²) in [4.78, 5) is 14.4. The molecule has 2 aliphatic heterocycles. The highest BCUT2D eigenvalue weighted by Gasteiger charge is 2.28. The van der Waals surface area contributed by atoms with E-state index in [1.54, 1.807) is 0 Å². The lowest BCUT2D eigenvalue weighted by Gasteiger charge is -2.19. The van der Waals surface area contributed by atoms with Gasteiger partial charge in [-0.1, -0.05) is 30.3 Å².